The molecule has 2 atom stereocenters. The van der Waals surface area contributed by atoms with Gasteiger partial charge in [-0.15, -0.1) is 12.3 Å². The Labute approximate surface area is 93.8 Å². The Morgan fingerprint density at radius 2 is 2.47 bits per heavy atom. The minimum atomic E-state index is 0.485. The molecule has 0 amide bonds. The third kappa shape index (κ3) is 5.20. The lowest BCUT2D eigenvalue weighted by molar-refractivity contribution is 0.0997. The van der Waals surface area contributed by atoms with Crippen LogP contribution < -0.4 is 5.32 Å². The molecule has 1 aliphatic rings. The van der Waals surface area contributed by atoms with E-state index in [0.717, 1.165) is 32.4 Å². The van der Waals surface area contributed by atoms with Crippen molar-refractivity contribution in [1.29, 1.82) is 0 Å². The largest absolute Gasteiger partial charge is 0.378 e. The maximum Gasteiger partial charge on any atom is 0.0576 e. The molecular weight excluding hydrogens is 186 g/mol. The summed E-state index contributed by atoms with van der Waals surface area (Å²) in [5.41, 5.74) is 0. The highest BCUT2D eigenvalue weighted by atomic mass is 16.5. The van der Waals surface area contributed by atoms with Gasteiger partial charge in [-0.2, -0.15) is 0 Å². The van der Waals surface area contributed by atoms with Gasteiger partial charge in [0.25, 0.3) is 0 Å². The van der Waals surface area contributed by atoms with Gasteiger partial charge in [-0.1, -0.05) is 6.92 Å². The first kappa shape index (κ1) is 12.5. The molecule has 0 spiro atoms. The Morgan fingerprint density at radius 3 is 3.07 bits per heavy atom. The quantitative estimate of drug-likeness (QED) is 0.650. The fourth-order valence-corrected chi connectivity index (χ4v) is 2.03. The summed E-state index contributed by atoms with van der Waals surface area (Å²) in [6, 6.07) is 0.485. The second-order valence-electron chi connectivity index (χ2n) is 4.27. The van der Waals surface area contributed by atoms with Gasteiger partial charge in [0.1, 0.15) is 0 Å². The standard InChI is InChI=1S/C13H23NO/c1-3-6-12(14-10-4-2)8-9-13-7-5-11-15-13/h1,12-14H,4-11H2,2H3. The van der Waals surface area contributed by atoms with E-state index in [0.29, 0.717) is 12.1 Å². The first-order valence-electron chi connectivity index (χ1n) is 6.15. The molecule has 0 aromatic rings. The molecule has 0 saturated carbocycles. The predicted octanol–water partition coefficient (Wildman–Crippen LogP) is 2.34. The maximum absolute atomic E-state index is 5.61. The van der Waals surface area contributed by atoms with Crippen LogP contribution in [0.4, 0.5) is 0 Å². The number of terminal acetylenes is 1. The molecular formula is C13H23NO. The van der Waals surface area contributed by atoms with Crippen molar-refractivity contribution in [2.45, 2.75) is 57.6 Å². The van der Waals surface area contributed by atoms with Crippen molar-refractivity contribution < 1.29 is 4.74 Å². The Bertz CT molecular complexity index is 191. The first-order valence-corrected chi connectivity index (χ1v) is 6.15. The molecule has 1 aliphatic heterocycles. The van der Waals surface area contributed by atoms with Gasteiger partial charge in [-0.05, 0) is 38.6 Å². The highest BCUT2D eigenvalue weighted by Crippen LogP contribution is 2.18. The summed E-state index contributed by atoms with van der Waals surface area (Å²) in [6.45, 7) is 4.20. The van der Waals surface area contributed by atoms with Crippen LogP contribution in [0.2, 0.25) is 0 Å². The molecule has 0 bridgehead atoms. The lowest BCUT2D eigenvalue weighted by atomic mass is 10.0. The zero-order valence-electron chi connectivity index (χ0n) is 9.80. The van der Waals surface area contributed by atoms with Crippen LogP contribution in [0, 0.1) is 12.3 Å². The van der Waals surface area contributed by atoms with Gasteiger partial charge in [-0.25, -0.2) is 0 Å². The number of nitrogens with one attached hydrogen (secondary N) is 1. The van der Waals surface area contributed by atoms with Gasteiger partial charge in [0.2, 0.25) is 0 Å². The van der Waals surface area contributed by atoms with Crippen LogP contribution >= 0.6 is 0 Å². The highest BCUT2D eigenvalue weighted by Gasteiger charge is 2.17. The molecule has 1 fully saturated rings. The first-order chi connectivity index (χ1) is 7.36. The van der Waals surface area contributed by atoms with Crippen molar-refractivity contribution in [3.05, 3.63) is 0 Å². The number of ether oxygens (including phenoxy) is 1. The topological polar surface area (TPSA) is 21.3 Å². The Hall–Kier alpha value is -0.520. The molecule has 2 nitrogen and oxygen atoms in total. The van der Waals surface area contributed by atoms with E-state index in [2.05, 4.69) is 18.2 Å². The van der Waals surface area contributed by atoms with Crippen molar-refractivity contribution in [3.63, 3.8) is 0 Å². The van der Waals surface area contributed by atoms with Crippen LogP contribution in [0.3, 0.4) is 0 Å². The fourth-order valence-electron chi connectivity index (χ4n) is 2.03. The van der Waals surface area contributed by atoms with E-state index in [9.17, 15) is 0 Å². The molecule has 1 saturated heterocycles. The van der Waals surface area contributed by atoms with Gasteiger partial charge in [0, 0.05) is 19.1 Å². The van der Waals surface area contributed by atoms with Crippen LogP contribution in [0.15, 0.2) is 0 Å². The molecule has 0 radical (unpaired) electrons. The SMILES string of the molecule is C#CCC(CCC1CCCO1)NCCC. The van der Waals surface area contributed by atoms with Gasteiger partial charge >= 0.3 is 0 Å². The van der Waals surface area contributed by atoms with E-state index in [1.165, 1.54) is 19.3 Å². The lowest BCUT2D eigenvalue weighted by Gasteiger charge is -2.17. The van der Waals surface area contributed by atoms with Crippen molar-refractivity contribution >= 4 is 0 Å². The maximum atomic E-state index is 5.61. The Morgan fingerprint density at radius 1 is 1.60 bits per heavy atom. The normalized spacial score (nSPS) is 22.5. The van der Waals surface area contributed by atoms with Gasteiger partial charge < -0.3 is 10.1 Å². The predicted molar refractivity (Wildman–Crippen MR) is 63.7 cm³/mol. The fraction of sp³-hybridized carbons (Fsp3) is 0.846. The summed E-state index contributed by atoms with van der Waals surface area (Å²) in [5.74, 6) is 2.75. The zero-order chi connectivity index (χ0) is 10.9. The van der Waals surface area contributed by atoms with Crippen molar-refractivity contribution in [2.75, 3.05) is 13.2 Å². The van der Waals surface area contributed by atoms with Crippen molar-refractivity contribution in [2.24, 2.45) is 0 Å². The Balaban J connectivity index is 2.15. The van der Waals surface area contributed by atoms with Crippen LogP contribution in [0.25, 0.3) is 0 Å². The molecule has 0 aromatic heterocycles. The van der Waals surface area contributed by atoms with Gasteiger partial charge in [-0.3, -0.25) is 0 Å². The minimum Gasteiger partial charge on any atom is -0.378 e. The number of hydrogen-bond acceptors (Lipinski definition) is 2. The third-order valence-corrected chi connectivity index (χ3v) is 2.91. The van der Waals surface area contributed by atoms with E-state index < -0.39 is 0 Å². The van der Waals surface area contributed by atoms with Crippen molar-refractivity contribution in [1.82, 2.24) is 5.32 Å². The average molecular weight is 209 g/mol. The van der Waals surface area contributed by atoms with Crippen LogP contribution in [-0.2, 0) is 4.74 Å². The smallest absolute Gasteiger partial charge is 0.0576 e. The molecule has 0 aliphatic carbocycles. The molecule has 15 heavy (non-hydrogen) atoms. The van der Waals surface area contributed by atoms with Crippen molar-refractivity contribution in [3.8, 4) is 12.3 Å². The zero-order valence-corrected chi connectivity index (χ0v) is 9.80. The summed E-state index contributed by atoms with van der Waals surface area (Å²) >= 11 is 0. The molecule has 1 N–H and O–H groups in total. The Kier molecular flexibility index (Phi) is 6.47. The minimum absolute atomic E-state index is 0.485. The summed E-state index contributed by atoms with van der Waals surface area (Å²) < 4.78 is 5.61. The summed E-state index contributed by atoms with van der Waals surface area (Å²) in [4.78, 5) is 0. The summed E-state index contributed by atoms with van der Waals surface area (Å²) in [6.07, 6.45) is 12.6. The molecule has 0 aromatic carbocycles. The van der Waals surface area contributed by atoms with E-state index in [1.54, 1.807) is 0 Å². The molecule has 86 valence electrons. The van der Waals surface area contributed by atoms with E-state index in [4.69, 9.17) is 11.2 Å². The van der Waals surface area contributed by atoms with Gasteiger partial charge in [0.05, 0.1) is 6.10 Å². The number of rotatable bonds is 7. The third-order valence-electron chi connectivity index (χ3n) is 2.91. The summed E-state index contributed by atoms with van der Waals surface area (Å²) in [7, 11) is 0. The molecule has 1 rings (SSSR count). The average Bonchev–Trinajstić information content (AvgIpc) is 2.75. The van der Waals surface area contributed by atoms with E-state index >= 15 is 0 Å². The van der Waals surface area contributed by atoms with Crippen LogP contribution in [-0.4, -0.2) is 25.3 Å². The second-order valence-corrected chi connectivity index (χ2v) is 4.27. The van der Waals surface area contributed by atoms with Crippen LogP contribution in [0.5, 0.6) is 0 Å². The molecule has 2 heteroatoms. The van der Waals surface area contributed by atoms with E-state index in [-0.39, 0.29) is 0 Å². The lowest BCUT2D eigenvalue weighted by Crippen LogP contribution is -2.30. The van der Waals surface area contributed by atoms with Crippen LogP contribution in [0.1, 0.15) is 45.4 Å². The highest BCUT2D eigenvalue weighted by molar-refractivity contribution is 4.90. The molecule has 1 heterocycles. The van der Waals surface area contributed by atoms with Gasteiger partial charge in [0.15, 0.2) is 0 Å². The monoisotopic (exact) mass is 209 g/mol. The molecule has 2 unspecified atom stereocenters. The van der Waals surface area contributed by atoms with E-state index in [1.807, 2.05) is 0 Å². The summed E-state index contributed by atoms with van der Waals surface area (Å²) in [5, 5.41) is 3.50. The second kappa shape index (κ2) is 7.73. The number of hydrogen-bond donors (Lipinski definition) is 1.